The standard InChI is InChI=1S/C18H17NO3/c1-2-17(20)21-16-13-18(22-19-16,14-9-5-3-6-10-14)15-11-7-4-8-12-15/h3-12H,2,13H2,1H3. The van der Waals surface area contributed by atoms with Gasteiger partial charge in [0, 0.05) is 17.5 Å². The average Bonchev–Trinajstić information content (AvgIpc) is 3.01. The van der Waals surface area contributed by atoms with Crippen molar-refractivity contribution in [1.29, 1.82) is 0 Å². The molecule has 22 heavy (non-hydrogen) atoms. The van der Waals surface area contributed by atoms with E-state index in [1.165, 1.54) is 0 Å². The molecule has 3 rings (SSSR count). The quantitative estimate of drug-likeness (QED) is 0.813. The Morgan fingerprint density at radius 1 is 1.09 bits per heavy atom. The molecule has 4 nitrogen and oxygen atoms in total. The van der Waals surface area contributed by atoms with Crippen molar-refractivity contribution < 1.29 is 14.4 Å². The minimum absolute atomic E-state index is 0.306. The van der Waals surface area contributed by atoms with Crippen LogP contribution < -0.4 is 0 Å². The fourth-order valence-corrected chi connectivity index (χ4v) is 2.56. The summed E-state index contributed by atoms with van der Waals surface area (Å²) in [6.07, 6.45) is 0.704. The van der Waals surface area contributed by atoms with E-state index in [-0.39, 0.29) is 5.97 Å². The lowest BCUT2D eigenvalue weighted by Crippen LogP contribution is -2.28. The molecule has 2 aromatic rings. The highest BCUT2D eigenvalue weighted by molar-refractivity contribution is 5.90. The highest BCUT2D eigenvalue weighted by Gasteiger charge is 2.44. The van der Waals surface area contributed by atoms with E-state index in [0.717, 1.165) is 11.1 Å². The molecule has 0 amide bonds. The highest BCUT2D eigenvalue weighted by Crippen LogP contribution is 2.41. The molecule has 0 N–H and O–H groups in total. The number of hydrogen-bond donors (Lipinski definition) is 0. The predicted octanol–water partition coefficient (Wildman–Crippen LogP) is 3.62. The number of rotatable bonds is 3. The van der Waals surface area contributed by atoms with E-state index < -0.39 is 5.60 Å². The topological polar surface area (TPSA) is 47.9 Å². The first-order chi connectivity index (χ1) is 10.7. The van der Waals surface area contributed by atoms with E-state index in [2.05, 4.69) is 5.16 Å². The molecule has 0 radical (unpaired) electrons. The van der Waals surface area contributed by atoms with Crippen molar-refractivity contribution >= 4 is 11.9 Å². The van der Waals surface area contributed by atoms with Crippen LogP contribution in [0.3, 0.4) is 0 Å². The first kappa shape index (κ1) is 14.3. The Hall–Kier alpha value is -2.62. The summed E-state index contributed by atoms with van der Waals surface area (Å²) in [6, 6.07) is 19.7. The first-order valence-electron chi connectivity index (χ1n) is 7.31. The monoisotopic (exact) mass is 295 g/mol. The Kier molecular flexibility index (Phi) is 3.92. The van der Waals surface area contributed by atoms with Crippen molar-refractivity contribution in [1.82, 2.24) is 0 Å². The number of esters is 1. The molecule has 0 saturated heterocycles. The van der Waals surface area contributed by atoms with Gasteiger partial charge in [-0.2, -0.15) is 0 Å². The number of nitrogens with zero attached hydrogens (tertiary/aromatic N) is 1. The van der Waals surface area contributed by atoms with Crippen LogP contribution in [0.5, 0.6) is 0 Å². The summed E-state index contributed by atoms with van der Waals surface area (Å²) < 4.78 is 5.24. The van der Waals surface area contributed by atoms with Gasteiger partial charge in [0.25, 0.3) is 0 Å². The number of ether oxygens (including phenoxy) is 1. The third-order valence-electron chi connectivity index (χ3n) is 3.70. The third kappa shape index (κ3) is 2.60. The van der Waals surface area contributed by atoms with Crippen molar-refractivity contribution in [2.24, 2.45) is 5.16 Å². The van der Waals surface area contributed by atoms with Crippen molar-refractivity contribution in [2.75, 3.05) is 0 Å². The zero-order valence-corrected chi connectivity index (χ0v) is 12.4. The van der Waals surface area contributed by atoms with Gasteiger partial charge >= 0.3 is 5.97 Å². The van der Waals surface area contributed by atoms with Crippen LogP contribution in [0.15, 0.2) is 65.8 Å². The molecule has 0 saturated carbocycles. The smallest absolute Gasteiger partial charge is 0.312 e. The summed E-state index contributed by atoms with van der Waals surface area (Å²) in [4.78, 5) is 17.3. The second kappa shape index (κ2) is 6.02. The summed E-state index contributed by atoms with van der Waals surface area (Å²) in [7, 11) is 0. The van der Waals surface area contributed by atoms with Gasteiger partial charge in [-0.1, -0.05) is 72.7 Å². The molecule has 0 atom stereocenters. The Labute approximate surface area is 129 Å². The molecule has 1 aliphatic rings. The number of oxime groups is 1. The van der Waals surface area contributed by atoms with Gasteiger partial charge in [-0.05, 0) is 0 Å². The molecule has 0 bridgehead atoms. The Morgan fingerprint density at radius 2 is 1.64 bits per heavy atom. The van der Waals surface area contributed by atoms with E-state index in [4.69, 9.17) is 9.57 Å². The average molecular weight is 295 g/mol. The molecule has 0 aliphatic carbocycles. The van der Waals surface area contributed by atoms with Crippen molar-refractivity contribution in [3.63, 3.8) is 0 Å². The van der Waals surface area contributed by atoms with Crippen LogP contribution in [-0.2, 0) is 20.0 Å². The van der Waals surface area contributed by atoms with Crippen LogP contribution in [0.2, 0.25) is 0 Å². The molecular weight excluding hydrogens is 278 g/mol. The van der Waals surface area contributed by atoms with Crippen LogP contribution >= 0.6 is 0 Å². The summed E-state index contributed by atoms with van der Waals surface area (Å²) >= 11 is 0. The van der Waals surface area contributed by atoms with E-state index in [1.807, 2.05) is 60.7 Å². The third-order valence-corrected chi connectivity index (χ3v) is 3.70. The number of benzene rings is 2. The fraction of sp³-hybridized carbons (Fsp3) is 0.222. The Morgan fingerprint density at radius 3 is 2.14 bits per heavy atom. The minimum Gasteiger partial charge on any atom is -0.408 e. The van der Waals surface area contributed by atoms with E-state index >= 15 is 0 Å². The number of carbonyl (C=O) groups is 1. The predicted molar refractivity (Wildman–Crippen MR) is 83.2 cm³/mol. The van der Waals surface area contributed by atoms with Gasteiger partial charge in [0.2, 0.25) is 5.90 Å². The zero-order chi connectivity index (χ0) is 15.4. The Bertz CT molecular complexity index is 640. The molecule has 4 heteroatoms. The van der Waals surface area contributed by atoms with Crippen LogP contribution in [-0.4, -0.2) is 11.9 Å². The maximum Gasteiger partial charge on any atom is 0.312 e. The van der Waals surface area contributed by atoms with Gasteiger partial charge in [0.15, 0.2) is 5.60 Å². The second-order valence-corrected chi connectivity index (χ2v) is 5.14. The molecule has 0 aromatic heterocycles. The van der Waals surface area contributed by atoms with E-state index in [0.29, 0.717) is 18.7 Å². The zero-order valence-electron chi connectivity index (χ0n) is 12.4. The van der Waals surface area contributed by atoms with E-state index in [9.17, 15) is 4.79 Å². The van der Waals surface area contributed by atoms with Gasteiger partial charge < -0.3 is 9.57 Å². The van der Waals surface area contributed by atoms with Crippen molar-refractivity contribution in [3.05, 3.63) is 71.8 Å². The van der Waals surface area contributed by atoms with Crippen LogP contribution in [0.25, 0.3) is 0 Å². The molecular formula is C18H17NO3. The molecule has 0 fully saturated rings. The van der Waals surface area contributed by atoms with Crippen LogP contribution in [0.1, 0.15) is 30.9 Å². The summed E-state index contributed by atoms with van der Waals surface area (Å²) in [5, 5.41) is 4.00. The van der Waals surface area contributed by atoms with Crippen molar-refractivity contribution in [3.8, 4) is 0 Å². The maximum absolute atomic E-state index is 11.5. The molecule has 0 spiro atoms. The summed E-state index contributed by atoms with van der Waals surface area (Å²) in [5.74, 6) is 0.0128. The fourth-order valence-electron chi connectivity index (χ4n) is 2.56. The lowest BCUT2D eigenvalue weighted by atomic mass is 9.84. The van der Waals surface area contributed by atoms with Gasteiger partial charge in [-0.3, -0.25) is 4.79 Å². The number of hydrogen-bond acceptors (Lipinski definition) is 4. The largest absolute Gasteiger partial charge is 0.408 e. The maximum atomic E-state index is 11.5. The van der Waals surface area contributed by atoms with Crippen LogP contribution in [0, 0.1) is 0 Å². The summed E-state index contributed by atoms with van der Waals surface area (Å²) in [6.45, 7) is 1.75. The molecule has 0 unspecified atom stereocenters. The first-order valence-corrected chi connectivity index (χ1v) is 7.31. The van der Waals surface area contributed by atoms with Crippen molar-refractivity contribution in [2.45, 2.75) is 25.4 Å². The Balaban J connectivity index is 1.96. The SMILES string of the molecule is CCC(=O)OC1=NOC(c2ccccc2)(c2ccccc2)C1. The minimum atomic E-state index is -0.744. The molecule has 112 valence electrons. The van der Waals surface area contributed by atoms with Gasteiger partial charge in [0.05, 0.1) is 6.42 Å². The van der Waals surface area contributed by atoms with Gasteiger partial charge in [-0.15, -0.1) is 0 Å². The van der Waals surface area contributed by atoms with Crippen LogP contribution in [0.4, 0.5) is 0 Å². The second-order valence-electron chi connectivity index (χ2n) is 5.14. The number of carbonyl (C=O) groups excluding carboxylic acids is 1. The molecule has 2 aromatic carbocycles. The van der Waals surface area contributed by atoms with Gasteiger partial charge in [-0.25, -0.2) is 0 Å². The normalized spacial score (nSPS) is 15.8. The van der Waals surface area contributed by atoms with Gasteiger partial charge in [0.1, 0.15) is 0 Å². The lowest BCUT2D eigenvalue weighted by Gasteiger charge is -2.27. The lowest BCUT2D eigenvalue weighted by molar-refractivity contribution is -0.135. The molecule has 1 aliphatic heterocycles. The molecule has 1 heterocycles. The highest BCUT2D eigenvalue weighted by atomic mass is 16.7. The van der Waals surface area contributed by atoms with E-state index in [1.54, 1.807) is 6.92 Å². The summed E-state index contributed by atoms with van der Waals surface area (Å²) in [5.41, 5.74) is 1.21.